The number of rotatable bonds is 5. The van der Waals surface area contributed by atoms with Gasteiger partial charge in [0.15, 0.2) is 0 Å². The molecular formula is C17H14BrN3O2. The third kappa shape index (κ3) is 5.24. The molecule has 0 unspecified atom stereocenters. The van der Waals surface area contributed by atoms with Crippen molar-refractivity contribution in [2.45, 2.75) is 6.42 Å². The van der Waals surface area contributed by atoms with Crippen LogP contribution in [0.25, 0.3) is 0 Å². The summed E-state index contributed by atoms with van der Waals surface area (Å²) >= 11 is 3.33. The summed E-state index contributed by atoms with van der Waals surface area (Å²) in [5.74, 6) is -0.618. The molecule has 116 valence electrons. The molecule has 23 heavy (non-hydrogen) atoms. The van der Waals surface area contributed by atoms with Gasteiger partial charge < -0.3 is 10.6 Å². The summed E-state index contributed by atoms with van der Waals surface area (Å²) in [6.45, 7) is -0.144. The lowest BCUT2D eigenvalue weighted by atomic mass is 10.1. The van der Waals surface area contributed by atoms with Crippen LogP contribution in [0, 0.1) is 11.3 Å². The lowest BCUT2D eigenvalue weighted by Crippen LogP contribution is -2.33. The molecule has 0 aliphatic carbocycles. The van der Waals surface area contributed by atoms with Crippen LogP contribution < -0.4 is 10.6 Å². The Morgan fingerprint density at radius 3 is 2.43 bits per heavy atom. The van der Waals surface area contributed by atoms with Crippen LogP contribution in [0.3, 0.4) is 0 Å². The van der Waals surface area contributed by atoms with Gasteiger partial charge in [-0.2, -0.15) is 5.26 Å². The van der Waals surface area contributed by atoms with Crippen molar-refractivity contribution in [1.82, 2.24) is 5.32 Å². The van der Waals surface area contributed by atoms with Gasteiger partial charge in [-0.3, -0.25) is 9.59 Å². The summed E-state index contributed by atoms with van der Waals surface area (Å²) < 4.78 is 0.942. The number of nitrogens with zero attached hydrogens (tertiary/aromatic N) is 1. The minimum absolute atomic E-state index is 0.144. The van der Waals surface area contributed by atoms with Gasteiger partial charge in [0.25, 0.3) is 0 Å². The number of anilines is 1. The number of halogens is 1. The van der Waals surface area contributed by atoms with E-state index in [1.165, 1.54) is 0 Å². The first kappa shape index (κ1) is 16.7. The Labute approximate surface area is 142 Å². The number of nitriles is 1. The van der Waals surface area contributed by atoms with E-state index < -0.39 is 0 Å². The topological polar surface area (TPSA) is 82.0 Å². The number of benzene rings is 2. The largest absolute Gasteiger partial charge is 0.347 e. The molecule has 0 saturated carbocycles. The van der Waals surface area contributed by atoms with E-state index in [0.29, 0.717) is 11.3 Å². The average Bonchev–Trinajstić information content (AvgIpc) is 2.55. The SMILES string of the molecule is N#Cc1ccccc1NC(=O)CNC(=O)Cc1ccc(Br)cc1. The summed E-state index contributed by atoms with van der Waals surface area (Å²) in [6, 6.07) is 16.1. The lowest BCUT2D eigenvalue weighted by molar-refractivity contribution is -0.123. The molecule has 2 rings (SSSR count). The monoisotopic (exact) mass is 371 g/mol. The first-order chi connectivity index (χ1) is 11.1. The summed E-state index contributed by atoms with van der Waals surface area (Å²) in [7, 11) is 0. The Hall–Kier alpha value is -2.65. The number of nitrogens with one attached hydrogen (secondary N) is 2. The molecule has 0 fully saturated rings. The normalized spacial score (nSPS) is 9.74. The lowest BCUT2D eigenvalue weighted by Gasteiger charge is -2.08. The van der Waals surface area contributed by atoms with E-state index in [9.17, 15) is 9.59 Å². The highest BCUT2D eigenvalue weighted by atomic mass is 79.9. The molecule has 0 aliphatic rings. The first-order valence-corrected chi connectivity index (χ1v) is 7.68. The molecule has 0 saturated heterocycles. The van der Waals surface area contributed by atoms with Crippen molar-refractivity contribution in [2.24, 2.45) is 0 Å². The van der Waals surface area contributed by atoms with Crippen molar-refractivity contribution in [2.75, 3.05) is 11.9 Å². The zero-order valence-electron chi connectivity index (χ0n) is 12.2. The van der Waals surface area contributed by atoms with Crippen LogP contribution in [0.4, 0.5) is 5.69 Å². The molecule has 2 aromatic carbocycles. The van der Waals surface area contributed by atoms with E-state index in [2.05, 4.69) is 26.6 Å². The molecular weight excluding hydrogens is 358 g/mol. The fraction of sp³-hybridized carbons (Fsp3) is 0.118. The maximum Gasteiger partial charge on any atom is 0.243 e. The number of amides is 2. The Morgan fingerprint density at radius 2 is 1.74 bits per heavy atom. The zero-order chi connectivity index (χ0) is 16.7. The summed E-state index contributed by atoms with van der Waals surface area (Å²) in [4.78, 5) is 23.7. The molecule has 0 aromatic heterocycles. The van der Waals surface area contributed by atoms with Gasteiger partial charge in [0.2, 0.25) is 11.8 Å². The second kappa shape index (κ2) is 8.11. The van der Waals surface area contributed by atoms with Gasteiger partial charge in [-0.25, -0.2) is 0 Å². The van der Waals surface area contributed by atoms with Crippen molar-refractivity contribution in [3.8, 4) is 6.07 Å². The van der Waals surface area contributed by atoms with Crippen LogP contribution in [0.2, 0.25) is 0 Å². The standard InChI is InChI=1S/C17H14BrN3O2/c18-14-7-5-12(6-8-14)9-16(22)20-11-17(23)21-15-4-2-1-3-13(15)10-19/h1-8H,9,11H2,(H,20,22)(H,21,23). The third-order valence-electron chi connectivity index (χ3n) is 3.05. The number of hydrogen-bond donors (Lipinski definition) is 2. The highest BCUT2D eigenvalue weighted by molar-refractivity contribution is 9.10. The van der Waals surface area contributed by atoms with Crippen molar-refractivity contribution in [1.29, 1.82) is 5.26 Å². The Kier molecular flexibility index (Phi) is 5.89. The van der Waals surface area contributed by atoms with Crippen LogP contribution in [-0.2, 0) is 16.0 Å². The second-order valence-electron chi connectivity index (χ2n) is 4.79. The molecule has 0 aliphatic heterocycles. The average molecular weight is 372 g/mol. The second-order valence-corrected chi connectivity index (χ2v) is 5.70. The minimum Gasteiger partial charge on any atom is -0.347 e. The number of carbonyl (C=O) groups excluding carboxylic acids is 2. The van der Waals surface area contributed by atoms with Gasteiger partial charge in [-0.05, 0) is 29.8 Å². The van der Waals surface area contributed by atoms with Crippen LogP contribution in [0.15, 0.2) is 53.0 Å². The Morgan fingerprint density at radius 1 is 1.04 bits per heavy atom. The molecule has 0 bridgehead atoms. The fourth-order valence-corrected chi connectivity index (χ4v) is 2.18. The van der Waals surface area contributed by atoms with Gasteiger partial charge in [0.05, 0.1) is 24.2 Å². The predicted octanol–water partition coefficient (Wildman–Crippen LogP) is 2.62. The van der Waals surface area contributed by atoms with Gasteiger partial charge in [-0.1, -0.05) is 40.2 Å². The van der Waals surface area contributed by atoms with E-state index in [1.54, 1.807) is 24.3 Å². The molecule has 2 N–H and O–H groups in total. The molecule has 0 spiro atoms. The molecule has 0 atom stereocenters. The highest BCUT2D eigenvalue weighted by Crippen LogP contribution is 2.13. The van der Waals surface area contributed by atoms with Crippen LogP contribution in [0.1, 0.15) is 11.1 Å². The van der Waals surface area contributed by atoms with E-state index in [1.807, 2.05) is 30.3 Å². The molecule has 0 heterocycles. The quantitative estimate of drug-likeness (QED) is 0.847. The molecule has 0 radical (unpaired) electrons. The summed E-state index contributed by atoms with van der Waals surface area (Å²) in [5.41, 5.74) is 1.67. The fourth-order valence-electron chi connectivity index (χ4n) is 1.91. The maximum atomic E-state index is 11.8. The molecule has 2 amide bonds. The first-order valence-electron chi connectivity index (χ1n) is 6.88. The van der Waals surface area contributed by atoms with Gasteiger partial charge in [0.1, 0.15) is 6.07 Å². The molecule has 5 nitrogen and oxygen atoms in total. The Balaban J connectivity index is 1.83. The summed E-state index contributed by atoms with van der Waals surface area (Å²) in [6.07, 6.45) is 0.204. The zero-order valence-corrected chi connectivity index (χ0v) is 13.8. The van der Waals surface area contributed by atoms with Crippen molar-refractivity contribution in [3.05, 3.63) is 64.1 Å². The van der Waals surface area contributed by atoms with E-state index in [4.69, 9.17) is 5.26 Å². The van der Waals surface area contributed by atoms with Crippen molar-refractivity contribution >= 4 is 33.4 Å². The van der Waals surface area contributed by atoms with Gasteiger partial charge in [0, 0.05) is 4.47 Å². The van der Waals surface area contributed by atoms with Crippen LogP contribution in [0.5, 0.6) is 0 Å². The Bertz CT molecular complexity index is 751. The smallest absolute Gasteiger partial charge is 0.243 e. The maximum absolute atomic E-state index is 11.8. The third-order valence-corrected chi connectivity index (χ3v) is 3.57. The number of para-hydroxylation sites is 1. The van der Waals surface area contributed by atoms with Crippen molar-refractivity contribution in [3.63, 3.8) is 0 Å². The molecule has 2 aromatic rings. The summed E-state index contributed by atoms with van der Waals surface area (Å²) in [5, 5.41) is 14.1. The van der Waals surface area contributed by atoms with Gasteiger partial charge >= 0.3 is 0 Å². The van der Waals surface area contributed by atoms with Gasteiger partial charge in [-0.15, -0.1) is 0 Å². The van der Waals surface area contributed by atoms with E-state index in [0.717, 1.165) is 10.0 Å². The van der Waals surface area contributed by atoms with E-state index in [-0.39, 0.29) is 24.8 Å². The number of carbonyl (C=O) groups is 2. The number of hydrogen-bond acceptors (Lipinski definition) is 3. The molecule has 6 heteroatoms. The van der Waals surface area contributed by atoms with Crippen LogP contribution >= 0.6 is 15.9 Å². The van der Waals surface area contributed by atoms with Crippen LogP contribution in [-0.4, -0.2) is 18.4 Å². The minimum atomic E-state index is -0.378. The van der Waals surface area contributed by atoms with Crippen molar-refractivity contribution < 1.29 is 9.59 Å². The predicted molar refractivity (Wildman–Crippen MR) is 90.6 cm³/mol. The highest BCUT2D eigenvalue weighted by Gasteiger charge is 2.09. The van der Waals surface area contributed by atoms with E-state index >= 15 is 0 Å².